The van der Waals surface area contributed by atoms with Crippen LogP contribution in [0.4, 0.5) is 0 Å². The largest absolute Gasteiger partial charge is 0.726 e. The van der Waals surface area contributed by atoms with Gasteiger partial charge in [-0.25, -0.2) is 13.0 Å². The number of hydrogen-bond donors (Lipinski definition) is 2. The summed E-state index contributed by atoms with van der Waals surface area (Å²) in [6.07, 6.45) is 5.90. The quantitative estimate of drug-likeness (QED) is 0.420. The number of aryl methyl sites for hydroxylation is 1. The topological polar surface area (TPSA) is 106 Å². The molecule has 134 valence electrons. The lowest BCUT2D eigenvalue weighted by Gasteiger charge is -2.14. The van der Waals surface area contributed by atoms with Gasteiger partial charge in [-0.3, -0.25) is 4.18 Å². The van der Waals surface area contributed by atoms with Crippen molar-refractivity contribution in [3.8, 4) is 5.75 Å². The summed E-state index contributed by atoms with van der Waals surface area (Å²) in [7, 11) is -1.61. The molecule has 2 N–H and O–H groups in total. The van der Waals surface area contributed by atoms with Crippen molar-refractivity contribution in [1.29, 1.82) is 0 Å². The van der Waals surface area contributed by atoms with Gasteiger partial charge in [-0.05, 0) is 17.7 Å². The van der Waals surface area contributed by atoms with E-state index in [0.717, 1.165) is 23.6 Å². The summed E-state index contributed by atoms with van der Waals surface area (Å²) in [6, 6.07) is 10.1. The Bertz CT molecular complexity index is 949. The van der Waals surface area contributed by atoms with E-state index >= 15 is 0 Å². The fraction of sp³-hybridized carbons (Fsp3) is 0.235. The lowest BCUT2D eigenvalue weighted by molar-refractivity contribution is -0.671. The molecule has 0 bridgehead atoms. The molecule has 2 heterocycles. The number of pyridine rings is 1. The molecule has 0 saturated carbocycles. The van der Waals surface area contributed by atoms with Crippen molar-refractivity contribution in [2.45, 2.75) is 12.8 Å². The zero-order valence-electron chi connectivity index (χ0n) is 14.1. The number of rotatable bonds is 3. The average molecular weight is 364 g/mol. The molecule has 3 rings (SSSR count). The van der Waals surface area contributed by atoms with Crippen LogP contribution in [0.1, 0.15) is 24.0 Å². The maximum atomic E-state index is 10.4. The molecule has 3 aromatic rings. The predicted molar refractivity (Wildman–Crippen MR) is 91.8 cm³/mol. The van der Waals surface area contributed by atoms with Gasteiger partial charge in [0.2, 0.25) is 10.4 Å². The van der Waals surface area contributed by atoms with Gasteiger partial charge in [0, 0.05) is 40.7 Å². The zero-order valence-corrected chi connectivity index (χ0v) is 14.9. The van der Waals surface area contributed by atoms with E-state index in [2.05, 4.69) is 28.2 Å². The number of aromatic amines is 1. The van der Waals surface area contributed by atoms with E-state index < -0.39 is 10.4 Å². The van der Waals surface area contributed by atoms with Gasteiger partial charge >= 0.3 is 0 Å². The highest BCUT2D eigenvalue weighted by Gasteiger charge is 2.15. The summed E-state index contributed by atoms with van der Waals surface area (Å²) >= 11 is 0. The Balaban J connectivity index is 0.000000326. The van der Waals surface area contributed by atoms with Crippen molar-refractivity contribution in [3.05, 3.63) is 60.0 Å². The molecule has 1 aromatic carbocycles. The van der Waals surface area contributed by atoms with Gasteiger partial charge in [-0.15, -0.1) is 0 Å². The number of nitrogens with one attached hydrogen (secondary N) is 1. The molecule has 0 aliphatic carbocycles. The fourth-order valence-electron chi connectivity index (χ4n) is 2.46. The minimum Gasteiger partial charge on any atom is -0.726 e. The number of hydrogen-bond acceptors (Lipinski definition) is 5. The highest BCUT2D eigenvalue weighted by atomic mass is 32.3. The summed E-state index contributed by atoms with van der Waals surface area (Å²) in [6.45, 7) is 2.11. The van der Waals surface area contributed by atoms with Crippen molar-refractivity contribution in [2.75, 3.05) is 7.11 Å². The average Bonchev–Trinajstić information content (AvgIpc) is 3.05. The van der Waals surface area contributed by atoms with Crippen LogP contribution in [-0.4, -0.2) is 30.2 Å². The summed E-state index contributed by atoms with van der Waals surface area (Å²) in [4.78, 5) is 3.11. The summed E-state index contributed by atoms with van der Waals surface area (Å²) in [5.41, 5.74) is 3.12. The molecular weight excluding hydrogens is 344 g/mol. The van der Waals surface area contributed by atoms with Crippen LogP contribution in [0.15, 0.2) is 48.9 Å². The van der Waals surface area contributed by atoms with E-state index in [1.807, 2.05) is 48.4 Å². The van der Waals surface area contributed by atoms with E-state index in [1.54, 1.807) is 0 Å². The maximum Gasteiger partial charge on any atom is 0.217 e. The van der Waals surface area contributed by atoms with Gasteiger partial charge in [0.25, 0.3) is 0 Å². The van der Waals surface area contributed by atoms with E-state index in [0.29, 0.717) is 5.75 Å². The van der Waals surface area contributed by atoms with Crippen molar-refractivity contribution in [3.63, 3.8) is 0 Å². The lowest BCUT2D eigenvalue weighted by atomic mass is 9.92. The first kappa shape index (κ1) is 18.9. The Labute approximate surface area is 146 Å². The Hall–Kier alpha value is -2.42. The molecule has 2 aromatic heterocycles. The first-order valence-corrected chi connectivity index (χ1v) is 8.82. The van der Waals surface area contributed by atoms with Gasteiger partial charge in [-0.1, -0.05) is 13.0 Å². The summed E-state index contributed by atoms with van der Waals surface area (Å²) in [5.74, 6) is 0.542. The highest BCUT2D eigenvalue weighted by Crippen LogP contribution is 2.35. The molecule has 1 unspecified atom stereocenters. The molecule has 0 saturated heterocycles. The van der Waals surface area contributed by atoms with Crippen molar-refractivity contribution in [2.24, 2.45) is 7.05 Å². The third-order valence-corrected chi connectivity index (χ3v) is 4.32. The first-order valence-electron chi connectivity index (χ1n) is 7.48. The van der Waals surface area contributed by atoms with Crippen LogP contribution in [0.25, 0.3) is 10.9 Å². The number of fused-ring (bicyclic) bond motifs is 1. The monoisotopic (exact) mass is 364 g/mol. The molecule has 1 atom stereocenters. The Kier molecular flexibility index (Phi) is 5.78. The second kappa shape index (κ2) is 7.64. The number of phenolic OH excluding ortho intramolecular Hbond substituents is 1. The van der Waals surface area contributed by atoms with Gasteiger partial charge in [0.05, 0.1) is 7.11 Å². The smallest absolute Gasteiger partial charge is 0.217 e. The number of aromatic nitrogens is 2. The third kappa shape index (κ3) is 4.79. The molecule has 0 amide bonds. The SMILES string of the molecule is CC(c1cc[n+](C)cc1)c1ccc2[nH]ccc2c1O.COS(=O)(=O)[O-]. The second-order valence-electron chi connectivity index (χ2n) is 5.54. The van der Waals surface area contributed by atoms with Gasteiger partial charge in [-0.2, -0.15) is 0 Å². The van der Waals surface area contributed by atoms with Gasteiger partial charge < -0.3 is 14.6 Å². The van der Waals surface area contributed by atoms with Crippen molar-refractivity contribution >= 4 is 21.3 Å². The van der Waals surface area contributed by atoms with Gasteiger partial charge in [0.1, 0.15) is 12.8 Å². The number of phenols is 1. The summed E-state index contributed by atoms with van der Waals surface area (Å²) < 4.78 is 33.0. The van der Waals surface area contributed by atoms with Crippen LogP contribution < -0.4 is 4.57 Å². The van der Waals surface area contributed by atoms with Crippen molar-refractivity contribution < 1.29 is 26.8 Å². The number of benzene rings is 1. The van der Waals surface area contributed by atoms with E-state index in [9.17, 15) is 18.1 Å². The first-order chi connectivity index (χ1) is 11.7. The minimum absolute atomic E-state index is 0.167. The van der Waals surface area contributed by atoms with E-state index in [1.165, 1.54) is 5.56 Å². The fourth-order valence-corrected chi connectivity index (χ4v) is 2.46. The molecule has 0 radical (unpaired) electrons. The molecule has 7 nitrogen and oxygen atoms in total. The van der Waals surface area contributed by atoms with Crippen LogP contribution >= 0.6 is 0 Å². The van der Waals surface area contributed by atoms with Crippen molar-refractivity contribution in [1.82, 2.24) is 4.98 Å². The molecule has 0 aliphatic rings. The molecular formula is C17H20N2O5S. The zero-order chi connectivity index (χ0) is 18.6. The van der Waals surface area contributed by atoms with Crippen LogP contribution in [0.3, 0.4) is 0 Å². The lowest BCUT2D eigenvalue weighted by Crippen LogP contribution is -2.26. The molecule has 0 fully saturated rings. The highest BCUT2D eigenvalue weighted by molar-refractivity contribution is 7.80. The van der Waals surface area contributed by atoms with E-state index in [-0.39, 0.29) is 5.92 Å². The second-order valence-corrected chi connectivity index (χ2v) is 6.69. The van der Waals surface area contributed by atoms with Gasteiger partial charge in [0.15, 0.2) is 12.4 Å². The molecule has 25 heavy (non-hydrogen) atoms. The Morgan fingerprint density at radius 1 is 1.20 bits per heavy atom. The minimum atomic E-state index is -4.41. The number of aromatic hydroxyl groups is 1. The molecule has 0 aliphatic heterocycles. The third-order valence-electron chi connectivity index (χ3n) is 3.91. The Morgan fingerprint density at radius 2 is 1.80 bits per heavy atom. The summed E-state index contributed by atoms with van der Waals surface area (Å²) in [5, 5.41) is 11.3. The normalized spacial score (nSPS) is 12.5. The number of H-pyrrole nitrogens is 1. The van der Waals surface area contributed by atoms with Crippen LogP contribution in [0.2, 0.25) is 0 Å². The standard InChI is InChI=1S/C16H16N2O.CH4O4S/c1-11(12-6-9-18(2)10-7-12)13-3-4-15-14(16(13)19)5-8-17-15;1-5-6(2,3)4/h3-11,17H,1-2H3;1H3,(H,2,3,4). The van der Waals surface area contributed by atoms with Crippen LogP contribution in [-0.2, 0) is 21.6 Å². The predicted octanol–water partition coefficient (Wildman–Crippen LogP) is 1.94. The van der Waals surface area contributed by atoms with Crippen LogP contribution in [0.5, 0.6) is 5.75 Å². The van der Waals surface area contributed by atoms with E-state index in [4.69, 9.17) is 0 Å². The molecule has 0 spiro atoms. The Morgan fingerprint density at radius 3 is 2.36 bits per heavy atom. The van der Waals surface area contributed by atoms with Crippen LogP contribution in [0, 0.1) is 0 Å². The number of nitrogens with zero attached hydrogens (tertiary/aromatic N) is 1. The maximum absolute atomic E-state index is 10.4. The molecule has 8 heteroatoms.